The van der Waals surface area contributed by atoms with Crippen LogP contribution in [-0.2, 0) is 6.54 Å². The van der Waals surface area contributed by atoms with E-state index in [0.29, 0.717) is 52.2 Å². The first-order valence-corrected chi connectivity index (χ1v) is 13.4. The molecule has 0 radical (unpaired) electrons. The summed E-state index contributed by atoms with van der Waals surface area (Å²) in [5, 5.41) is 18.7. The topological polar surface area (TPSA) is 101 Å². The van der Waals surface area contributed by atoms with Crippen molar-refractivity contribution in [1.82, 2.24) is 20.1 Å². The van der Waals surface area contributed by atoms with E-state index in [2.05, 4.69) is 22.1 Å². The van der Waals surface area contributed by atoms with E-state index in [1.807, 2.05) is 37.3 Å². The van der Waals surface area contributed by atoms with Crippen LogP contribution in [0.1, 0.15) is 65.0 Å². The molecule has 0 saturated heterocycles. The normalized spacial score (nSPS) is 14.5. The van der Waals surface area contributed by atoms with Crippen LogP contribution in [0.15, 0.2) is 54.9 Å². The Morgan fingerprint density at radius 1 is 1.15 bits per heavy atom. The number of rotatable bonds is 10. The van der Waals surface area contributed by atoms with Gasteiger partial charge in [0.15, 0.2) is 11.5 Å². The van der Waals surface area contributed by atoms with Gasteiger partial charge in [-0.25, -0.2) is 0 Å². The molecule has 1 aliphatic heterocycles. The second kappa shape index (κ2) is 11.4. The molecule has 1 amide bonds. The molecule has 0 spiro atoms. The molecule has 2 N–H and O–H groups in total. The first-order valence-electron chi connectivity index (χ1n) is 13.0. The minimum absolute atomic E-state index is 0.0384. The molecule has 1 unspecified atom stereocenters. The molecule has 2 aromatic heterocycles. The molecule has 3 heterocycles. The van der Waals surface area contributed by atoms with Crippen LogP contribution >= 0.6 is 11.6 Å². The molecule has 202 valence electrons. The van der Waals surface area contributed by atoms with Gasteiger partial charge in [0.25, 0.3) is 5.91 Å². The Hall–Kier alpha value is -4.04. The Morgan fingerprint density at radius 3 is 2.74 bits per heavy atom. The van der Waals surface area contributed by atoms with Crippen LogP contribution in [0.3, 0.4) is 0 Å². The zero-order valence-electron chi connectivity index (χ0n) is 22.2. The van der Waals surface area contributed by atoms with Gasteiger partial charge in [0.2, 0.25) is 0 Å². The second-order valence-corrected chi connectivity index (χ2v) is 10.0. The quantitative estimate of drug-likeness (QED) is 0.221. The average molecular weight is 547 g/mol. The summed E-state index contributed by atoms with van der Waals surface area (Å²) in [6.45, 7) is 4.90. The van der Waals surface area contributed by atoms with Crippen LogP contribution in [0.5, 0.6) is 17.2 Å². The monoisotopic (exact) mass is 546 g/mol. The fraction of sp³-hybridized carbons (Fsp3) is 0.300. The van der Waals surface area contributed by atoms with Crippen LogP contribution in [0.2, 0.25) is 5.02 Å². The average Bonchev–Trinajstić information content (AvgIpc) is 3.48. The molecule has 9 heteroatoms. The number of phenols is 1. The summed E-state index contributed by atoms with van der Waals surface area (Å²) >= 11 is 6.43. The van der Waals surface area contributed by atoms with E-state index in [1.54, 1.807) is 36.5 Å². The minimum Gasteiger partial charge on any atom is -0.507 e. The number of carbonyl (C=O) groups excluding carboxylic acids is 1. The van der Waals surface area contributed by atoms with Gasteiger partial charge in [-0.1, -0.05) is 43.5 Å². The minimum atomic E-state index is -0.510. The number of aromatic hydroxyl groups is 1. The Bertz CT molecular complexity index is 1490. The molecule has 0 fully saturated rings. The molecular weight excluding hydrogens is 516 g/mol. The lowest BCUT2D eigenvalue weighted by atomic mass is 9.95. The number of nitrogens with zero attached hydrogens (tertiary/aromatic N) is 3. The lowest BCUT2D eigenvalue weighted by Crippen LogP contribution is -2.29. The maximum atomic E-state index is 13.7. The van der Waals surface area contributed by atoms with Gasteiger partial charge in [-0.2, -0.15) is 5.10 Å². The van der Waals surface area contributed by atoms with E-state index in [1.165, 1.54) is 0 Å². The molecule has 8 nitrogen and oxygen atoms in total. The van der Waals surface area contributed by atoms with E-state index in [0.717, 1.165) is 36.0 Å². The van der Waals surface area contributed by atoms with Crippen LogP contribution < -0.4 is 9.47 Å². The molecule has 1 atom stereocenters. The molecule has 2 aromatic carbocycles. The Balaban J connectivity index is 1.61. The van der Waals surface area contributed by atoms with Crippen molar-refractivity contribution in [2.45, 2.75) is 45.7 Å². The summed E-state index contributed by atoms with van der Waals surface area (Å²) in [6, 6.07) is 12.3. The Morgan fingerprint density at radius 2 is 2.00 bits per heavy atom. The lowest BCUT2D eigenvalue weighted by molar-refractivity contribution is 0.0729. The summed E-state index contributed by atoms with van der Waals surface area (Å²) < 4.78 is 11.7. The smallest absolute Gasteiger partial charge is 0.273 e. The number of aromatic amines is 1. The van der Waals surface area contributed by atoms with Gasteiger partial charge in [-0.05, 0) is 60.4 Å². The van der Waals surface area contributed by atoms with Crippen molar-refractivity contribution in [3.63, 3.8) is 0 Å². The molecule has 39 heavy (non-hydrogen) atoms. The molecule has 0 saturated carbocycles. The SMILES string of the molecule is CCCCCOc1ccc(C2c3c(-c4cc(Cl)c(C)cc4O)n[nH]c3C(=O)N2Cc2cccnc2)cc1OC. The zero-order chi connectivity index (χ0) is 27.5. The summed E-state index contributed by atoms with van der Waals surface area (Å²) in [4.78, 5) is 19.7. The predicted octanol–water partition coefficient (Wildman–Crippen LogP) is 6.46. The van der Waals surface area contributed by atoms with E-state index >= 15 is 0 Å². The molecular formula is C30H31ClN4O4. The molecule has 4 aromatic rings. The first-order chi connectivity index (χ1) is 18.9. The number of H-pyrrole nitrogens is 1. The fourth-order valence-electron chi connectivity index (χ4n) is 4.96. The van der Waals surface area contributed by atoms with E-state index in [9.17, 15) is 9.90 Å². The van der Waals surface area contributed by atoms with E-state index in [4.69, 9.17) is 21.1 Å². The molecule has 0 aliphatic carbocycles. The zero-order valence-corrected chi connectivity index (χ0v) is 23.0. The summed E-state index contributed by atoms with van der Waals surface area (Å²) in [5.74, 6) is 1.07. The number of methoxy groups -OCH3 is 1. The molecule has 5 rings (SSSR count). The number of amides is 1. The van der Waals surface area contributed by atoms with Crippen LogP contribution in [0.4, 0.5) is 0 Å². The van der Waals surface area contributed by atoms with Gasteiger partial charge in [-0.15, -0.1) is 0 Å². The maximum absolute atomic E-state index is 13.7. The van der Waals surface area contributed by atoms with Gasteiger partial charge >= 0.3 is 0 Å². The number of aromatic nitrogens is 3. The molecule has 1 aliphatic rings. The van der Waals surface area contributed by atoms with Crippen LogP contribution in [0.25, 0.3) is 11.3 Å². The number of ether oxygens (including phenoxy) is 2. The van der Waals surface area contributed by atoms with Crippen molar-refractivity contribution in [3.05, 3.63) is 87.8 Å². The summed E-state index contributed by atoms with van der Waals surface area (Å²) in [7, 11) is 1.60. The third kappa shape index (κ3) is 5.16. The number of hydrogen-bond acceptors (Lipinski definition) is 6. The van der Waals surface area contributed by atoms with Gasteiger partial charge in [0.1, 0.15) is 17.1 Å². The largest absolute Gasteiger partial charge is 0.507 e. The van der Waals surface area contributed by atoms with E-state index in [-0.39, 0.29) is 11.7 Å². The number of aryl methyl sites for hydroxylation is 1. The highest BCUT2D eigenvalue weighted by atomic mass is 35.5. The van der Waals surface area contributed by atoms with Crippen molar-refractivity contribution in [2.24, 2.45) is 0 Å². The lowest BCUT2D eigenvalue weighted by Gasteiger charge is -2.27. The summed E-state index contributed by atoms with van der Waals surface area (Å²) in [5.41, 5.74) is 4.41. The fourth-order valence-corrected chi connectivity index (χ4v) is 5.13. The number of phenolic OH excluding ortho intramolecular Hbond substituents is 1. The first kappa shape index (κ1) is 26.6. The number of nitrogens with one attached hydrogen (secondary N) is 1. The van der Waals surface area contributed by atoms with E-state index < -0.39 is 6.04 Å². The Labute approximate surface area is 232 Å². The van der Waals surface area contributed by atoms with Crippen molar-refractivity contribution in [1.29, 1.82) is 0 Å². The number of carbonyl (C=O) groups is 1. The third-order valence-electron chi connectivity index (χ3n) is 6.98. The summed E-state index contributed by atoms with van der Waals surface area (Å²) in [6.07, 6.45) is 6.61. The number of halogens is 1. The van der Waals surface area contributed by atoms with Gasteiger partial charge in [0.05, 0.1) is 19.8 Å². The Kier molecular flexibility index (Phi) is 7.74. The number of pyridine rings is 1. The van der Waals surface area contributed by atoms with Gasteiger partial charge in [0, 0.05) is 35.1 Å². The maximum Gasteiger partial charge on any atom is 0.273 e. The third-order valence-corrected chi connectivity index (χ3v) is 7.39. The van der Waals surface area contributed by atoms with Crippen molar-refractivity contribution in [2.75, 3.05) is 13.7 Å². The second-order valence-electron chi connectivity index (χ2n) is 9.64. The van der Waals surface area contributed by atoms with Crippen molar-refractivity contribution in [3.8, 4) is 28.5 Å². The van der Waals surface area contributed by atoms with Gasteiger partial charge in [-0.3, -0.25) is 14.9 Å². The predicted molar refractivity (Wildman–Crippen MR) is 149 cm³/mol. The highest BCUT2D eigenvalue weighted by Gasteiger charge is 2.43. The number of hydrogen-bond donors (Lipinski definition) is 2. The standard InChI is InChI=1S/C30H31ClN4O4/c1-4-5-6-12-39-24-10-9-20(14-25(24)38-3)29-26-27(21-15-22(31)18(2)13-23(21)36)33-34-28(26)30(37)35(29)17-19-8-7-11-32-16-19/h7-11,13-16,29,36H,4-6,12,17H2,1-3H3,(H,33,34). The number of unbranched alkanes of at least 4 members (excludes halogenated alkanes) is 2. The highest BCUT2D eigenvalue weighted by molar-refractivity contribution is 6.31. The highest BCUT2D eigenvalue weighted by Crippen LogP contribution is 2.47. The van der Waals surface area contributed by atoms with Crippen LogP contribution in [0, 0.1) is 6.92 Å². The van der Waals surface area contributed by atoms with Gasteiger partial charge < -0.3 is 19.5 Å². The van der Waals surface area contributed by atoms with Crippen molar-refractivity contribution < 1.29 is 19.4 Å². The number of benzene rings is 2. The van der Waals surface area contributed by atoms with Crippen LogP contribution in [-0.4, -0.2) is 44.8 Å². The van der Waals surface area contributed by atoms with Crippen molar-refractivity contribution >= 4 is 17.5 Å². The number of fused-ring (bicyclic) bond motifs is 1. The molecule has 0 bridgehead atoms.